The number of rotatable bonds is 5. The average Bonchev–Trinajstić information content (AvgIpc) is 3.49. The molecule has 4 aromatic heterocycles. The fourth-order valence-electron chi connectivity index (χ4n) is 3.65. The Bertz CT molecular complexity index is 1270. The number of fused-ring (bicyclic) bond motifs is 2. The molecule has 4 aromatic rings. The smallest absolute Gasteiger partial charge is 0.274 e. The molecule has 0 atom stereocenters. The highest BCUT2D eigenvalue weighted by atomic mass is 35.5. The fourth-order valence-corrected chi connectivity index (χ4v) is 5.69. The van der Waals surface area contributed by atoms with E-state index in [4.69, 9.17) is 23.2 Å². The SMILES string of the molecule is Cl.O=C(NCCN1CCN(C(=O)c2c(Cl)nc3sccn23)CC1)c1c(Cl)nc2sccn12. The molecule has 0 bridgehead atoms. The zero-order valence-corrected chi connectivity index (χ0v) is 20.5. The molecule has 0 aliphatic carbocycles. The van der Waals surface area contributed by atoms with Crippen LogP contribution >= 0.6 is 58.3 Å². The topological polar surface area (TPSA) is 87.2 Å². The minimum atomic E-state index is -0.250. The summed E-state index contributed by atoms with van der Waals surface area (Å²) in [6, 6.07) is 0. The van der Waals surface area contributed by atoms with Gasteiger partial charge in [0.1, 0.15) is 0 Å². The van der Waals surface area contributed by atoms with Crippen molar-refractivity contribution in [3.05, 3.63) is 44.8 Å². The van der Waals surface area contributed by atoms with E-state index in [1.54, 1.807) is 19.9 Å². The van der Waals surface area contributed by atoms with E-state index in [1.165, 1.54) is 22.7 Å². The van der Waals surface area contributed by atoms with E-state index in [-0.39, 0.29) is 34.5 Å². The van der Waals surface area contributed by atoms with Crippen molar-refractivity contribution in [3.8, 4) is 0 Å². The Kier molecular flexibility index (Phi) is 6.94. The first-order valence-corrected chi connectivity index (χ1v) is 12.1. The monoisotopic (exact) mass is 533 g/mol. The zero-order valence-electron chi connectivity index (χ0n) is 16.5. The van der Waals surface area contributed by atoms with Gasteiger partial charge in [-0.1, -0.05) is 23.2 Å². The van der Waals surface area contributed by atoms with Crippen molar-refractivity contribution < 1.29 is 9.59 Å². The maximum atomic E-state index is 12.9. The molecular formula is C18H18Cl3N7O2S2. The first-order valence-electron chi connectivity index (χ1n) is 9.55. The number of carbonyl (C=O) groups excluding carboxylic acids is 2. The number of carbonyl (C=O) groups is 2. The summed E-state index contributed by atoms with van der Waals surface area (Å²) in [4.78, 5) is 39.3. The Morgan fingerprint density at radius 2 is 1.50 bits per heavy atom. The van der Waals surface area contributed by atoms with Crippen LogP contribution in [0.5, 0.6) is 0 Å². The summed E-state index contributed by atoms with van der Waals surface area (Å²) in [5, 5.41) is 7.08. The van der Waals surface area contributed by atoms with E-state index in [1.807, 2.05) is 17.0 Å². The summed E-state index contributed by atoms with van der Waals surface area (Å²) in [5.41, 5.74) is 0.766. The van der Waals surface area contributed by atoms with Crippen molar-refractivity contribution in [1.82, 2.24) is 33.9 Å². The predicted octanol–water partition coefficient (Wildman–Crippen LogP) is 3.02. The third-order valence-electron chi connectivity index (χ3n) is 5.23. The summed E-state index contributed by atoms with van der Waals surface area (Å²) in [6.07, 6.45) is 3.59. The lowest BCUT2D eigenvalue weighted by atomic mass is 10.2. The Hall–Kier alpha value is -1.89. The standard InChI is InChI=1S/C18H17Cl2N7O2S2.ClH/c19-13-11(26-7-9-30-17(26)22-13)15(28)21-1-2-24-3-5-25(6-4-24)16(29)12-14(20)23-18-27(12)8-10-31-18;/h7-10H,1-6H2,(H,21,28);1H. The highest BCUT2D eigenvalue weighted by Gasteiger charge is 2.27. The molecule has 1 saturated heterocycles. The number of nitrogens with zero attached hydrogens (tertiary/aromatic N) is 6. The van der Waals surface area contributed by atoms with E-state index in [0.29, 0.717) is 60.6 Å². The lowest BCUT2D eigenvalue weighted by Crippen LogP contribution is -2.50. The second-order valence-corrected chi connectivity index (χ2v) is 9.47. The molecule has 32 heavy (non-hydrogen) atoms. The van der Waals surface area contributed by atoms with E-state index < -0.39 is 0 Å². The number of thiazole rings is 2. The normalized spacial score (nSPS) is 14.8. The molecule has 5 rings (SSSR count). The minimum Gasteiger partial charge on any atom is -0.349 e. The van der Waals surface area contributed by atoms with Crippen LogP contribution in [-0.4, -0.2) is 79.7 Å². The quantitative estimate of drug-likeness (QED) is 0.425. The molecule has 170 valence electrons. The number of piperazine rings is 1. The van der Waals surface area contributed by atoms with Crippen molar-refractivity contribution in [2.24, 2.45) is 0 Å². The van der Waals surface area contributed by atoms with Gasteiger partial charge in [-0.25, -0.2) is 9.97 Å². The number of amides is 2. The molecule has 14 heteroatoms. The number of hydrogen-bond acceptors (Lipinski definition) is 7. The molecule has 1 aliphatic rings. The van der Waals surface area contributed by atoms with Crippen molar-refractivity contribution >= 4 is 80.0 Å². The third-order valence-corrected chi connectivity index (χ3v) is 7.27. The van der Waals surface area contributed by atoms with E-state index in [2.05, 4.69) is 20.2 Å². The van der Waals surface area contributed by atoms with Crippen LogP contribution in [0.25, 0.3) is 9.92 Å². The van der Waals surface area contributed by atoms with Crippen LogP contribution in [0.1, 0.15) is 21.0 Å². The van der Waals surface area contributed by atoms with E-state index in [9.17, 15) is 9.59 Å². The van der Waals surface area contributed by atoms with Gasteiger partial charge in [-0.2, -0.15) is 0 Å². The number of nitrogens with one attached hydrogen (secondary N) is 1. The lowest BCUT2D eigenvalue weighted by Gasteiger charge is -2.34. The van der Waals surface area contributed by atoms with E-state index in [0.717, 1.165) is 0 Å². The minimum absolute atomic E-state index is 0. The van der Waals surface area contributed by atoms with Gasteiger partial charge in [-0.15, -0.1) is 35.1 Å². The van der Waals surface area contributed by atoms with Crippen molar-refractivity contribution in [1.29, 1.82) is 0 Å². The van der Waals surface area contributed by atoms with Gasteiger partial charge in [0.25, 0.3) is 11.8 Å². The summed E-state index contributed by atoms with van der Waals surface area (Å²) in [5.74, 6) is -0.362. The maximum absolute atomic E-state index is 12.9. The second-order valence-electron chi connectivity index (χ2n) is 7.00. The van der Waals surface area contributed by atoms with Gasteiger partial charge in [0.2, 0.25) is 0 Å². The van der Waals surface area contributed by atoms with Gasteiger partial charge < -0.3 is 10.2 Å². The third kappa shape index (κ3) is 4.20. The average molecular weight is 535 g/mol. The van der Waals surface area contributed by atoms with Crippen LogP contribution in [0.4, 0.5) is 0 Å². The molecule has 0 aromatic carbocycles. The Morgan fingerprint density at radius 1 is 0.938 bits per heavy atom. The number of hydrogen-bond donors (Lipinski definition) is 1. The second kappa shape index (κ2) is 9.54. The Balaban J connectivity index is 0.00000245. The van der Waals surface area contributed by atoms with Crippen LogP contribution in [0.3, 0.4) is 0 Å². The Morgan fingerprint density at radius 3 is 2.12 bits per heavy atom. The van der Waals surface area contributed by atoms with Crippen LogP contribution in [0, 0.1) is 0 Å². The molecule has 0 spiro atoms. The van der Waals surface area contributed by atoms with Crippen LogP contribution in [0.15, 0.2) is 23.2 Å². The number of imidazole rings is 2. The molecule has 9 nitrogen and oxygen atoms in total. The lowest BCUT2D eigenvalue weighted by molar-refractivity contribution is 0.0631. The summed E-state index contributed by atoms with van der Waals surface area (Å²) in [6.45, 7) is 3.76. The first kappa shape index (κ1) is 23.3. The highest BCUT2D eigenvalue weighted by Crippen LogP contribution is 2.23. The van der Waals surface area contributed by atoms with Gasteiger partial charge in [-0.3, -0.25) is 23.3 Å². The van der Waals surface area contributed by atoms with E-state index >= 15 is 0 Å². The predicted molar refractivity (Wildman–Crippen MR) is 128 cm³/mol. The van der Waals surface area contributed by atoms with Crippen molar-refractivity contribution in [2.45, 2.75) is 0 Å². The molecule has 0 radical (unpaired) electrons. The summed E-state index contributed by atoms with van der Waals surface area (Å²) >= 11 is 15.2. The molecule has 0 unspecified atom stereocenters. The maximum Gasteiger partial charge on any atom is 0.274 e. The molecule has 1 aliphatic heterocycles. The number of aromatic nitrogens is 4. The van der Waals surface area contributed by atoms with Gasteiger partial charge >= 0.3 is 0 Å². The summed E-state index contributed by atoms with van der Waals surface area (Å²) < 4.78 is 3.43. The molecule has 0 saturated carbocycles. The molecule has 2 amide bonds. The highest BCUT2D eigenvalue weighted by molar-refractivity contribution is 7.15. The van der Waals surface area contributed by atoms with Crippen LogP contribution in [-0.2, 0) is 0 Å². The van der Waals surface area contributed by atoms with Gasteiger partial charge in [0.15, 0.2) is 31.6 Å². The van der Waals surface area contributed by atoms with Gasteiger partial charge in [-0.05, 0) is 0 Å². The van der Waals surface area contributed by atoms with Gasteiger partial charge in [0, 0.05) is 62.4 Å². The first-order chi connectivity index (χ1) is 15.0. The van der Waals surface area contributed by atoms with Crippen molar-refractivity contribution in [3.63, 3.8) is 0 Å². The molecular weight excluding hydrogens is 517 g/mol. The molecule has 1 N–H and O–H groups in total. The largest absolute Gasteiger partial charge is 0.349 e. The van der Waals surface area contributed by atoms with Crippen molar-refractivity contribution in [2.75, 3.05) is 39.3 Å². The van der Waals surface area contributed by atoms with Crippen LogP contribution < -0.4 is 5.32 Å². The fraction of sp³-hybridized carbons (Fsp3) is 0.333. The molecule has 1 fully saturated rings. The Labute approximate surface area is 207 Å². The zero-order chi connectivity index (χ0) is 21.5. The van der Waals surface area contributed by atoms with Crippen LogP contribution in [0.2, 0.25) is 10.3 Å². The molecule has 5 heterocycles. The summed E-state index contributed by atoms with van der Waals surface area (Å²) in [7, 11) is 0. The number of halogens is 3. The van der Waals surface area contributed by atoms with Gasteiger partial charge in [0.05, 0.1) is 0 Å².